The molecule has 0 aliphatic carbocycles. The van der Waals surface area contributed by atoms with E-state index < -0.39 is 0 Å². The van der Waals surface area contributed by atoms with Crippen molar-refractivity contribution in [3.8, 4) is 0 Å². The number of carbonyl (C=O) groups is 1. The average Bonchev–Trinajstić information content (AvgIpc) is 2.35. The lowest BCUT2D eigenvalue weighted by Crippen LogP contribution is -2.37. The lowest BCUT2D eigenvalue weighted by atomic mass is 10.1. The third-order valence-corrected chi connectivity index (χ3v) is 2.93. The zero-order valence-electron chi connectivity index (χ0n) is 11.3. The van der Waals surface area contributed by atoms with Crippen LogP contribution in [0.25, 0.3) is 0 Å². The zero-order chi connectivity index (χ0) is 13.4. The molecule has 100 valence electrons. The Labute approximate surface area is 109 Å². The van der Waals surface area contributed by atoms with E-state index in [4.69, 9.17) is 5.73 Å². The molecule has 1 heterocycles. The highest BCUT2D eigenvalue weighted by molar-refractivity contribution is 5.75. The molecule has 18 heavy (non-hydrogen) atoms. The van der Waals surface area contributed by atoms with Crippen LogP contribution in [0.3, 0.4) is 0 Å². The third-order valence-electron chi connectivity index (χ3n) is 2.93. The second-order valence-corrected chi connectivity index (χ2v) is 4.56. The van der Waals surface area contributed by atoms with Gasteiger partial charge in [-0.2, -0.15) is 0 Å². The van der Waals surface area contributed by atoms with Crippen molar-refractivity contribution in [3.63, 3.8) is 0 Å². The van der Waals surface area contributed by atoms with Gasteiger partial charge in [0.2, 0.25) is 5.91 Å². The molecule has 1 amide bonds. The minimum atomic E-state index is -0.318. The van der Waals surface area contributed by atoms with Crippen molar-refractivity contribution in [2.75, 3.05) is 6.54 Å². The molecule has 1 atom stereocenters. The van der Waals surface area contributed by atoms with Crippen molar-refractivity contribution in [1.82, 2.24) is 10.3 Å². The number of nitrogens with two attached hydrogens (primary N) is 1. The Hall–Kier alpha value is -1.42. The van der Waals surface area contributed by atoms with Crippen molar-refractivity contribution < 1.29 is 4.79 Å². The monoisotopic (exact) mass is 249 g/mol. The molecule has 0 aliphatic rings. The van der Waals surface area contributed by atoms with Crippen molar-refractivity contribution in [1.29, 1.82) is 0 Å². The number of hydrogen-bond donors (Lipinski definition) is 2. The predicted molar refractivity (Wildman–Crippen MR) is 73.2 cm³/mol. The number of nitrogens with one attached hydrogen (secondary N) is 1. The zero-order valence-corrected chi connectivity index (χ0v) is 11.3. The fourth-order valence-corrected chi connectivity index (χ4v) is 1.94. The first-order chi connectivity index (χ1) is 8.65. The summed E-state index contributed by atoms with van der Waals surface area (Å²) in [5.41, 5.74) is 7.54. The molecule has 0 saturated carbocycles. The average molecular weight is 249 g/mol. The number of aryl methyl sites for hydroxylation is 1. The molecule has 0 bridgehead atoms. The first kappa shape index (κ1) is 14.6. The summed E-state index contributed by atoms with van der Waals surface area (Å²) in [6.45, 7) is 4.49. The summed E-state index contributed by atoms with van der Waals surface area (Å²) in [7, 11) is 0. The lowest BCUT2D eigenvalue weighted by molar-refractivity contribution is -0.117. The largest absolute Gasteiger partial charge is 0.369 e. The summed E-state index contributed by atoms with van der Waals surface area (Å²) < 4.78 is 0. The summed E-state index contributed by atoms with van der Waals surface area (Å²) in [6.07, 6.45) is 5.87. The van der Waals surface area contributed by atoms with E-state index in [-0.39, 0.29) is 18.5 Å². The normalized spacial score (nSPS) is 12.3. The van der Waals surface area contributed by atoms with Crippen LogP contribution in [0.1, 0.15) is 37.9 Å². The topological polar surface area (TPSA) is 68.0 Å². The van der Waals surface area contributed by atoms with Gasteiger partial charge in [0.25, 0.3) is 0 Å². The molecule has 0 aromatic carbocycles. The number of hydrogen-bond acceptors (Lipinski definition) is 3. The van der Waals surface area contributed by atoms with Crippen LogP contribution in [0.2, 0.25) is 0 Å². The first-order valence-corrected chi connectivity index (χ1v) is 6.61. The maximum absolute atomic E-state index is 10.8. The number of rotatable bonds is 8. The SMILES string of the molecule is CCCc1ccnc(CC(CC)NCC(N)=O)c1. The number of aromatic nitrogens is 1. The summed E-state index contributed by atoms with van der Waals surface area (Å²) in [5, 5.41) is 3.15. The third kappa shape index (κ3) is 5.27. The van der Waals surface area contributed by atoms with Crippen molar-refractivity contribution in [2.24, 2.45) is 5.73 Å². The summed E-state index contributed by atoms with van der Waals surface area (Å²) in [6, 6.07) is 4.46. The van der Waals surface area contributed by atoms with Gasteiger partial charge in [-0.15, -0.1) is 0 Å². The Morgan fingerprint density at radius 2 is 2.28 bits per heavy atom. The number of nitrogens with zero attached hydrogens (tertiary/aromatic N) is 1. The molecule has 4 heteroatoms. The maximum atomic E-state index is 10.8. The quantitative estimate of drug-likeness (QED) is 0.732. The molecular formula is C14H23N3O. The van der Waals surface area contributed by atoms with E-state index in [2.05, 4.69) is 36.3 Å². The number of primary amides is 1. The van der Waals surface area contributed by atoms with Crippen molar-refractivity contribution in [2.45, 2.75) is 45.6 Å². The lowest BCUT2D eigenvalue weighted by Gasteiger charge is -2.15. The first-order valence-electron chi connectivity index (χ1n) is 6.61. The van der Waals surface area contributed by atoms with Gasteiger partial charge in [0.15, 0.2) is 0 Å². The number of carbonyl (C=O) groups excluding carboxylic acids is 1. The van der Waals surface area contributed by atoms with Gasteiger partial charge >= 0.3 is 0 Å². The number of amides is 1. The Kier molecular flexibility index (Phi) is 6.36. The fraction of sp³-hybridized carbons (Fsp3) is 0.571. The van der Waals surface area contributed by atoms with E-state index in [9.17, 15) is 4.79 Å². The van der Waals surface area contributed by atoms with Gasteiger partial charge in [0.05, 0.1) is 6.54 Å². The fourth-order valence-electron chi connectivity index (χ4n) is 1.94. The molecule has 1 unspecified atom stereocenters. The van der Waals surface area contributed by atoms with Crippen LogP contribution in [0, 0.1) is 0 Å². The maximum Gasteiger partial charge on any atom is 0.231 e. The smallest absolute Gasteiger partial charge is 0.231 e. The minimum absolute atomic E-state index is 0.229. The number of pyridine rings is 1. The molecule has 1 aromatic rings. The molecule has 3 N–H and O–H groups in total. The highest BCUT2D eigenvalue weighted by Crippen LogP contribution is 2.08. The molecule has 0 radical (unpaired) electrons. The minimum Gasteiger partial charge on any atom is -0.369 e. The highest BCUT2D eigenvalue weighted by atomic mass is 16.1. The Bertz CT molecular complexity index is 379. The van der Waals surface area contributed by atoms with Crippen LogP contribution >= 0.6 is 0 Å². The Morgan fingerprint density at radius 3 is 2.89 bits per heavy atom. The van der Waals surface area contributed by atoms with Crippen LogP contribution in [0.5, 0.6) is 0 Å². The van der Waals surface area contributed by atoms with Gasteiger partial charge in [0, 0.05) is 24.4 Å². The summed E-state index contributed by atoms with van der Waals surface area (Å²) >= 11 is 0. The van der Waals surface area contributed by atoms with Gasteiger partial charge in [-0.05, 0) is 30.5 Å². The van der Waals surface area contributed by atoms with Crippen molar-refractivity contribution >= 4 is 5.91 Å². The Morgan fingerprint density at radius 1 is 1.50 bits per heavy atom. The molecule has 0 fully saturated rings. The van der Waals surface area contributed by atoms with E-state index in [1.54, 1.807) is 0 Å². The molecule has 1 aromatic heterocycles. The standard InChI is InChI=1S/C14H23N3O/c1-3-5-11-6-7-16-13(8-11)9-12(4-2)17-10-14(15)18/h6-8,12,17H,3-5,9-10H2,1-2H3,(H2,15,18). The van der Waals surface area contributed by atoms with E-state index in [0.717, 1.165) is 31.4 Å². The van der Waals surface area contributed by atoms with Gasteiger partial charge in [-0.3, -0.25) is 9.78 Å². The van der Waals surface area contributed by atoms with E-state index in [1.165, 1.54) is 5.56 Å². The van der Waals surface area contributed by atoms with Gasteiger partial charge < -0.3 is 11.1 Å². The van der Waals surface area contributed by atoms with E-state index in [0.29, 0.717) is 0 Å². The van der Waals surface area contributed by atoms with Gasteiger partial charge in [-0.1, -0.05) is 20.3 Å². The second kappa shape index (κ2) is 7.82. The van der Waals surface area contributed by atoms with Crippen LogP contribution in [-0.2, 0) is 17.6 Å². The molecular weight excluding hydrogens is 226 g/mol. The molecule has 0 aliphatic heterocycles. The molecule has 0 saturated heterocycles. The Balaban J connectivity index is 2.57. The van der Waals surface area contributed by atoms with Crippen LogP contribution in [-0.4, -0.2) is 23.5 Å². The molecule has 0 spiro atoms. The highest BCUT2D eigenvalue weighted by Gasteiger charge is 2.09. The van der Waals surface area contributed by atoms with Gasteiger partial charge in [0.1, 0.15) is 0 Å². The van der Waals surface area contributed by atoms with E-state index in [1.807, 2.05) is 6.20 Å². The van der Waals surface area contributed by atoms with Crippen LogP contribution in [0.4, 0.5) is 0 Å². The van der Waals surface area contributed by atoms with Gasteiger partial charge in [-0.25, -0.2) is 0 Å². The molecule has 4 nitrogen and oxygen atoms in total. The van der Waals surface area contributed by atoms with Crippen molar-refractivity contribution in [3.05, 3.63) is 29.6 Å². The van der Waals surface area contributed by atoms with Crippen LogP contribution < -0.4 is 11.1 Å². The van der Waals surface area contributed by atoms with E-state index >= 15 is 0 Å². The molecule has 1 rings (SSSR count). The second-order valence-electron chi connectivity index (χ2n) is 4.56. The summed E-state index contributed by atoms with van der Waals surface area (Å²) in [5.74, 6) is -0.318. The summed E-state index contributed by atoms with van der Waals surface area (Å²) in [4.78, 5) is 15.1. The predicted octanol–water partition coefficient (Wildman–Crippen LogP) is 1.43. The van der Waals surface area contributed by atoms with Crippen LogP contribution in [0.15, 0.2) is 18.3 Å².